The maximum Gasteiger partial charge on any atom is 0.355 e. The van der Waals surface area contributed by atoms with Crippen molar-refractivity contribution < 1.29 is 13.6 Å². The third-order valence-electron chi connectivity index (χ3n) is 7.90. The highest BCUT2D eigenvalue weighted by Gasteiger charge is 2.31. The van der Waals surface area contributed by atoms with E-state index in [4.69, 9.17) is 4.98 Å². The van der Waals surface area contributed by atoms with Crippen LogP contribution in [-0.2, 0) is 4.79 Å². The lowest BCUT2D eigenvalue weighted by molar-refractivity contribution is -0.126. The van der Waals surface area contributed by atoms with Gasteiger partial charge in [0.2, 0.25) is 5.91 Å². The molecular weight excluding hydrogens is 552 g/mol. The van der Waals surface area contributed by atoms with Gasteiger partial charge in [-0.25, -0.2) is 23.1 Å². The SMILES string of the molecule is C=CC(=O)N1CCN(c2nc(=O)n3c4nc(c(F)cc24)-c2c(F)cccc2NC/C=C\c2ccnc(C(C)C)c2-3)[C@@H](C)C1. The lowest BCUT2D eigenvalue weighted by Gasteiger charge is -2.40. The molecule has 0 saturated carbocycles. The Kier molecular flexibility index (Phi) is 7.25. The number of amides is 1. The van der Waals surface area contributed by atoms with Crippen molar-refractivity contribution in [1.82, 2.24) is 24.4 Å². The first kappa shape index (κ1) is 28.2. The minimum atomic E-state index is -0.759. The van der Waals surface area contributed by atoms with E-state index in [0.717, 1.165) is 0 Å². The van der Waals surface area contributed by atoms with E-state index in [9.17, 15) is 9.59 Å². The average Bonchev–Trinajstić information content (AvgIpc) is 2.98. The van der Waals surface area contributed by atoms with Gasteiger partial charge in [-0.1, -0.05) is 38.6 Å². The predicted octanol–water partition coefficient (Wildman–Crippen LogP) is 4.91. The number of hydrogen-bond acceptors (Lipinski definition) is 7. The van der Waals surface area contributed by atoms with Crippen LogP contribution in [0.3, 0.4) is 0 Å². The Labute approximate surface area is 247 Å². The summed E-state index contributed by atoms with van der Waals surface area (Å²) in [6.07, 6.45) is 6.67. The summed E-state index contributed by atoms with van der Waals surface area (Å²) in [5, 5.41) is 3.46. The molecule has 1 N–H and O–H groups in total. The van der Waals surface area contributed by atoms with Crippen LogP contribution in [-0.4, -0.2) is 62.5 Å². The standard InChI is InChI=1S/C32H31F2N7O2/c1-5-25(42)39-14-15-40(19(4)17-39)30-21-16-23(34)28-26-22(33)9-6-10-24(26)35-12-7-8-20-11-13-36-27(18(2)3)29(20)41(31(21)37-28)32(43)38-30/h5-11,13,16,18-19,35H,1,12,14-15,17H2,2-4H3/b8-7-/t19-/m0/s1. The Hall–Kier alpha value is -4.93. The fourth-order valence-corrected chi connectivity index (χ4v) is 5.86. The molecule has 11 heteroatoms. The second-order valence-electron chi connectivity index (χ2n) is 11.0. The molecule has 4 aromatic rings. The molecule has 2 aliphatic rings. The van der Waals surface area contributed by atoms with Gasteiger partial charge in [-0.15, -0.1) is 0 Å². The van der Waals surface area contributed by atoms with E-state index in [-0.39, 0.29) is 46.0 Å². The van der Waals surface area contributed by atoms with Crippen LogP contribution in [0.5, 0.6) is 0 Å². The Morgan fingerprint density at radius 1 is 1.16 bits per heavy atom. The summed E-state index contributed by atoms with van der Waals surface area (Å²) in [4.78, 5) is 43.7. The third-order valence-corrected chi connectivity index (χ3v) is 7.90. The number of fused-ring (bicyclic) bond motifs is 5. The first-order valence-corrected chi connectivity index (χ1v) is 14.2. The van der Waals surface area contributed by atoms with Crippen molar-refractivity contribution in [2.75, 3.05) is 36.4 Å². The van der Waals surface area contributed by atoms with E-state index in [1.165, 1.54) is 22.8 Å². The molecule has 2 bridgehead atoms. The summed E-state index contributed by atoms with van der Waals surface area (Å²) in [7, 11) is 0. The summed E-state index contributed by atoms with van der Waals surface area (Å²) in [6, 6.07) is 7.28. The summed E-state index contributed by atoms with van der Waals surface area (Å²) in [5.74, 6) is -1.43. The van der Waals surface area contributed by atoms with Crippen molar-refractivity contribution in [3.63, 3.8) is 0 Å². The summed E-state index contributed by atoms with van der Waals surface area (Å²) < 4.78 is 32.9. The number of rotatable bonds is 3. The first-order chi connectivity index (χ1) is 20.7. The topological polar surface area (TPSA) is 96.3 Å². The van der Waals surface area contributed by atoms with Crippen molar-refractivity contribution in [2.24, 2.45) is 0 Å². The Morgan fingerprint density at radius 3 is 2.72 bits per heavy atom. The van der Waals surface area contributed by atoms with Gasteiger partial charge in [-0.2, -0.15) is 4.98 Å². The number of aromatic nitrogens is 4. The average molecular weight is 584 g/mol. The van der Waals surface area contributed by atoms with Gasteiger partial charge in [0.05, 0.1) is 22.3 Å². The zero-order chi connectivity index (χ0) is 30.4. The summed E-state index contributed by atoms with van der Waals surface area (Å²) in [5.41, 5.74) is 1.43. The number of nitrogens with zero attached hydrogens (tertiary/aromatic N) is 6. The van der Waals surface area contributed by atoms with E-state index in [1.807, 2.05) is 37.8 Å². The van der Waals surface area contributed by atoms with Gasteiger partial charge in [0, 0.05) is 49.7 Å². The van der Waals surface area contributed by atoms with E-state index >= 15 is 8.78 Å². The minimum absolute atomic E-state index is 0.0337. The van der Waals surface area contributed by atoms with Crippen molar-refractivity contribution in [3.8, 4) is 16.9 Å². The van der Waals surface area contributed by atoms with E-state index in [0.29, 0.717) is 48.8 Å². The van der Waals surface area contributed by atoms with Gasteiger partial charge in [-0.3, -0.25) is 9.78 Å². The molecule has 2 aliphatic heterocycles. The maximum atomic E-state index is 16.1. The number of piperazine rings is 1. The zero-order valence-electron chi connectivity index (χ0n) is 24.1. The molecule has 220 valence electrons. The first-order valence-electron chi connectivity index (χ1n) is 14.2. The second kappa shape index (κ2) is 11.0. The molecule has 0 unspecified atom stereocenters. The zero-order valence-corrected chi connectivity index (χ0v) is 24.1. The molecule has 0 spiro atoms. The normalized spacial score (nSPS) is 17.1. The van der Waals surface area contributed by atoms with Gasteiger partial charge in [0.15, 0.2) is 11.5 Å². The molecule has 0 aliphatic carbocycles. The highest BCUT2D eigenvalue weighted by molar-refractivity contribution is 5.92. The van der Waals surface area contributed by atoms with Crippen molar-refractivity contribution in [3.05, 3.63) is 88.6 Å². The molecule has 1 aromatic carbocycles. The van der Waals surface area contributed by atoms with Crippen molar-refractivity contribution in [1.29, 1.82) is 0 Å². The lowest BCUT2D eigenvalue weighted by atomic mass is 10.0. The monoisotopic (exact) mass is 583 g/mol. The Balaban J connectivity index is 1.69. The Bertz CT molecular complexity index is 1870. The fourth-order valence-electron chi connectivity index (χ4n) is 5.86. The van der Waals surface area contributed by atoms with Crippen LogP contribution >= 0.6 is 0 Å². The number of pyridine rings is 2. The number of anilines is 2. The van der Waals surface area contributed by atoms with Crippen LogP contribution in [0.15, 0.2) is 60.1 Å². The van der Waals surface area contributed by atoms with E-state index in [2.05, 4.69) is 21.9 Å². The van der Waals surface area contributed by atoms with Crippen LogP contribution in [0.2, 0.25) is 0 Å². The highest BCUT2D eigenvalue weighted by atomic mass is 19.1. The highest BCUT2D eigenvalue weighted by Crippen LogP contribution is 2.37. The molecule has 1 saturated heterocycles. The molecule has 9 nitrogen and oxygen atoms in total. The van der Waals surface area contributed by atoms with Crippen LogP contribution in [0.4, 0.5) is 20.3 Å². The van der Waals surface area contributed by atoms with Crippen LogP contribution in [0.1, 0.15) is 37.9 Å². The predicted molar refractivity (Wildman–Crippen MR) is 163 cm³/mol. The maximum absolute atomic E-state index is 16.1. The van der Waals surface area contributed by atoms with Crippen LogP contribution < -0.4 is 15.9 Å². The molecule has 0 radical (unpaired) electrons. The number of carbonyl (C=O) groups is 1. The van der Waals surface area contributed by atoms with E-state index < -0.39 is 17.3 Å². The smallest absolute Gasteiger partial charge is 0.355 e. The Morgan fingerprint density at radius 2 is 1.98 bits per heavy atom. The van der Waals surface area contributed by atoms with E-state index in [1.54, 1.807) is 29.3 Å². The quantitative estimate of drug-likeness (QED) is 0.343. The van der Waals surface area contributed by atoms with Crippen LogP contribution in [0, 0.1) is 11.6 Å². The third kappa shape index (κ3) is 4.84. The number of nitrogens with one attached hydrogen (secondary N) is 1. The van der Waals surface area contributed by atoms with Gasteiger partial charge in [-0.05, 0) is 43.2 Å². The summed E-state index contributed by atoms with van der Waals surface area (Å²) >= 11 is 0. The largest absolute Gasteiger partial charge is 0.381 e. The fraction of sp³-hybridized carbons (Fsp3) is 0.281. The van der Waals surface area contributed by atoms with Crippen LogP contribution in [0.25, 0.3) is 34.1 Å². The lowest BCUT2D eigenvalue weighted by Crippen LogP contribution is -2.54. The molecule has 5 heterocycles. The van der Waals surface area contributed by atoms with Crippen molar-refractivity contribution >= 4 is 34.5 Å². The van der Waals surface area contributed by atoms with Gasteiger partial charge in [0.25, 0.3) is 0 Å². The molecule has 1 fully saturated rings. The van der Waals surface area contributed by atoms with Crippen molar-refractivity contribution in [2.45, 2.75) is 32.7 Å². The number of halogens is 2. The number of hydrogen-bond donors (Lipinski definition) is 1. The van der Waals surface area contributed by atoms with Gasteiger partial charge >= 0.3 is 5.69 Å². The number of carbonyl (C=O) groups excluding carboxylic acids is 1. The molecule has 43 heavy (non-hydrogen) atoms. The molecule has 3 aromatic heterocycles. The molecule has 1 amide bonds. The molecule has 1 atom stereocenters. The van der Waals surface area contributed by atoms with Gasteiger partial charge < -0.3 is 15.1 Å². The molecular formula is C32H31F2N7O2. The molecule has 6 rings (SSSR count). The second-order valence-corrected chi connectivity index (χ2v) is 11.0. The summed E-state index contributed by atoms with van der Waals surface area (Å²) in [6.45, 7) is 10.8. The minimum Gasteiger partial charge on any atom is -0.381 e. The number of benzene rings is 1. The van der Waals surface area contributed by atoms with Gasteiger partial charge in [0.1, 0.15) is 17.3 Å².